The van der Waals surface area contributed by atoms with Crippen molar-refractivity contribution in [1.82, 2.24) is 10.3 Å². The Hall–Kier alpha value is -3.59. The van der Waals surface area contributed by atoms with Crippen LogP contribution in [-0.4, -0.2) is 41.2 Å². The number of nitrogens with one attached hydrogen (secondary N) is 1. The summed E-state index contributed by atoms with van der Waals surface area (Å²) in [4.78, 5) is 17.7. The molecule has 8 nitrogen and oxygen atoms in total. The van der Waals surface area contributed by atoms with E-state index >= 15 is 0 Å². The molecule has 0 aliphatic rings. The standard InChI is InChI=1S/C26H32N4O4S/c1-17(2)28-26(31)24-23(29-18(3)35-24)19-7-11-21(12-8-19)33-15-5-4-6-16-34-22-13-9-20(10-14-22)25(27)30-32/h7-14,17,32H,4-6,15-16H2,1-3H3,(H2,27,30)(H,28,31). The van der Waals surface area contributed by atoms with Crippen molar-refractivity contribution >= 4 is 23.1 Å². The van der Waals surface area contributed by atoms with Gasteiger partial charge in [0.25, 0.3) is 5.91 Å². The summed E-state index contributed by atoms with van der Waals surface area (Å²) in [5, 5.41) is 15.5. The van der Waals surface area contributed by atoms with Crippen LogP contribution in [0.25, 0.3) is 11.3 Å². The van der Waals surface area contributed by atoms with E-state index in [0.717, 1.165) is 41.3 Å². The molecule has 0 atom stereocenters. The first-order chi connectivity index (χ1) is 16.9. The largest absolute Gasteiger partial charge is 0.494 e. The molecule has 2 aromatic carbocycles. The molecule has 0 aliphatic heterocycles. The highest BCUT2D eigenvalue weighted by Crippen LogP contribution is 2.29. The smallest absolute Gasteiger partial charge is 0.263 e. The quantitative estimate of drug-likeness (QED) is 0.107. The number of carbonyl (C=O) groups excluding carboxylic acids is 1. The topological polar surface area (TPSA) is 119 Å². The monoisotopic (exact) mass is 496 g/mol. The lowest BCUT2D eigenvalue weighted by Gasteiger charge is -2.09. The molecule has 3 rings (SSSR count). The molecule has 0 saturated heterocycles. The molecule has 0 saturated carbocycles. The number of nitrogens with two attached hydrogens (primary N) is 1. The first-order valence-electron chi connectivity index (χ1n) is 11.6. The Kier molecular flexibility index (Phi) is 9.48. The van der Waals surface area contributed by atoms with Gasteiger partial charge in [0, 0.05) is 17.2 Å². The molecule has 3 aromatic rings. The molecule has 4 N–H and O–H groups in total. The van der Waals surface area contributed by atoms with Gasteiger partial charge in [-0.1, -0.05) is 5.16 Å². The summed E-state index contributed by atoms with van der Waals surface area (Å²) in [5.74, 6) is 1.51. The molecule has 0 bridgehead atoms. The molecule has 1 amide bonds. The summed E-state index contributed by atoms with van der Waals surface area (Å²) in [6.07, 6.45) is 2.81. The van der Waals surface area contributed by atoms with Crippen molar-refractivity contribution in [1.29, 1.82) is 0 Å². The lowest BCUT2D eigenvalue weighted by atomic mass is 10.1. The van der Waals surface area contributed by atoms with Gasteiger partial charge in [0.1, 0.15) is 16.4 Å². The minimum absolute atomic E-state index is 0.0688. The Labute approximate surface area is 209 Å². The number of nitrogens with zero attached hydrogens (tertiary/aromatic N) is 2. The fraction of sp³-hybridized carbons (Fsp3) is 0.346. The first-order valence-corrected chi connectivity index (χ1v) is 12.4. The van der Waals surface area contributed by atoms with Crippen LogP contribution in [0.1, 0.15) is 53.4 Å². The fourth-order valence-corrected chi connectivity index (χ4v) is 4.20. The Bertz CT molecular complexity index is 1130. The molecular formula is C26H32N4O4S. The Morgan fingerprint density at radius 1 is 1.03 bits per heavy atom. The average Bonchev–Trinajstić information content (AvgIpc) is 3.25. The van der Waals surface area contributed by atoms with Crippen molar-refractivity contribution < 1.29 is 19.5 Å². The van der Waals surface area contributed by atoms with Gasteiger partial charge in [-0.05, 0) is 88.6 Å². The number of unbranched alkanes of at least 4 members (excludes halogenated alkanes) is 2. The van der Waals surface area contributed by atoms with Crippen LogP contribution in [0.2, 0.25) is 0 Å². The van der Waals surface area contributed by atoms with Gasteiger partial charge in [-0.2, -0.15) is 0 Å². The highest BCUT2D eigenvalue weighted by atomic mass is 32.1. The predicted octanol–water partition coefficient (Wildman–Crippen LogP) is 4.98. The van der Waals surface area contributed by atoms with Crippen LogP contribution >= 0.6 is 11.3 Å². The van der Waals surface area contributed by atoms with Crippen LogP contribution < -0.4 is 20.5 Å². The summed E-state index contributed by atoms with van der Waals surface area (Å²) < 4.78 is 11.6. The van der Waals surface area contributed by atoms with Gasteiger partial charge in [-0.25, -0.2) is 4.98 Å². The second kappa shape index (κ2) is 12.8. The fourth-order valence-electron chi connectivity index (χ4n) is 3.35. The van der Waals surface area contributed by atoms with E-state index < -0.39 is 0 Å². The lowest BCUT2D eigenvalue weighted by molar-refractivity contribution is 0.0947. The molecular weight excluding hydrogens is 464 g/mol. The Morgan fingerprint density at radius 3 is 2.14 bits per heavy atom. The first kappa shape index (κ1) is 26.0. The highest BCUT2D eigenvalue weighted by Gasteiger charge is 2.18. The molecule has 186 valence electrons. The van der Waals surface area contributed by atoms with Crippen LogP contribution in [0.15, 0.2) is 53.7 Å². The maximum atomic E-state index is 12.5. The molecule has 0 fully saturated rings. The van der Waals surface area contributed by atoms with Gasteiger partial charge in [-0.15, -0.1) is 11.3 Å². The molecule has 1 aromatic heterocycles. The summed E-state index contributed by atoms with van der Waals surface area (Å²) in [5.41, 5.74) is 7.79. The number of amidine groups is 1. The lowest BCUT2D eigenvalue weighted by Crippen LogP contribution is -2.29. The minimum Gasteiger partial charge on any atom is -0.494 e. The molecule has 1 heterocycles. The van der Waals surface area contributed by atoms with E-state index in [4.69, 9.17) is 20.4 Å². The number of oxime groups is 1. The number of ether oxygens (including phenoxy) is 2. The third-order valence-corrected chi connectivity index (χ3v) is 6.04. The Morgan fingerprint density at radius 2 is 1.60 bits per heavy atom. The van der Waals surface area contributed by atoms with Crippen molar-refractivity contribution in [3.8, 4) is 22.8 Å². The number of amides is 1. The number of hydrogen-bond donors (Lipinski definition) is 3. The SMILES string of the molecule is Cc1nc(-c2ccc(OCCCCCOc3ccc(C(N)=NO)cc3)cc2)c(C(=O)NC(C)C)s1. The Balaban J connectivity index is 1.39. The van der Waals surface area contributed by atoms with E-state index in [2.05, 4.69) is 15.5 Å². The summed E-state index contributed by atoms with van der Waals surface area (Å²) in [7, 11) is 0. The third-order valence-electron chi connectivity index (χ3n) is 5.07. The van der Waals surface area contributed by atoms with E-state index in [0.29, 0.717) is 29.3 Å². The van der Waals surface area contributed by atoms with Crippen LogP contribution in [0.3, 0.4) is 0 Å². The number of aromatic nitrogens is 1. The molecule has 0 unspecified atom stereocenters. The van der Waals surface area contributed by atoms with Gasteiger partial charge in [-0.3, -0.25) is 4.79 Å². The number of hydrogen-bond acceptors (Lipinski definition) is 7. The van der Waals surface area contributed by atoms with Crippen LogP contribution in [0, 0.1) is 6.92 Å². The third kappa shape index (κ3) is 7.71. The number of carbonyl (C=O) groups is 1. The van der Waals surface area contributed by atoms with E-state index in [9.17, 15) is 4.79 Å². The molecule has 0 aliphatic carbocycles. The van der Waals surface area contributed by atoms with Crippen LogP contribution in [0.4, 0.5) is 0 Å². The second-order valence-corrected chi connectivity index (χ2v) is 9.53. The maximum Gasteiger partial charge on any atom is 0.263 e. The van der Waals surface area contributed by atoms with Crippen LogP contribution in [0.5, 0.6) is 11.5 Å². The van der Waals surface area contributed by atoms with Crippen molar-refractivity contribution in [3.63, 3.8) is 0 Å². The summed E-state index contributed by atoms with van der Waals surface area (Å²) in [6, 6.07) is 14.9. The molecule has 0 radical (unpaired) electrons. The van der Waals surface area contributed by atoms with Crippen LogP contribution in [-0.2, 0) is 0 Å². The second-order valence-electron chi connectivity index (χ2n) is 8.33. The number of benzene rings is 2. The van der Waals surface area contributed by atoms with Gasteiger partial charge in [0.05, 0.1) is 23.9 Å². The summed E-state index contributed by atoms with van der Waals surface area (Å²) >= 11 is 1.40. The normalized spacial score (nSPS) is 11.5. The zero-order valence-electron chi connectivity index (χ0n) is 20.3. The van der Waals surface area contributed by atoms with Crippen molar-refractivity contribution in [2.75, 3.05) is 13.2 Å². The minimum atomic E-state index is -0.0947. The van der Waals surface area contributed by atoms with Crippen molar-refractivity contribution in [3.05, 3.63) is 64.0 Å². The zero-order chi connectivity index (χ0) is 25.2. The van der Waals surface area contributed by atoms with Crippen molar-refractivity contribution in [2.24, 2.45) is 10.9 Å². The van der Waals surface area contributed by atoms with Gasteiger partial charge < -0.3 is 25.7 Å². The molecule has 35 heavy (non-hydrogen) atoms. The average molecular weight is 497 g/mol. The predicted molar refractivity (Wildman–Crippen MR) is 139 cm³/mol. The van der Waals surface area contributed by atoms with Gasteiger partial charge in [0.15, 0.2) is 5.84 Å². The van der Waals surface area contributed by atoms with E-state index in [1.807, 2.05) is 45.0 Å². The summed E-state index contributed by atoms with van der Waals surface area (Å²) in [6.45, 7) is 7.01. The van der Waals surface area contributed by atoms with Gasteiger partial charge in [0.2, 0.25) is 0 Å². The number of rotatable bonds is 12. The number of aryl methyl sites for hydroxylation is 1. The highest BCUT2D eigenvalue weighted by molar-refractivity contribution is 7.14. The van der Waals surface area contributed by atoms with Gasteiger partial charge >= 0.3 is 0 Å². The maximum absolute atomic E-state index is 12.5. The van der Waals surface area contributed by atoms with E-state index in [-0.39, 0.29) is 17.8 Å². The van der Waals surface area contributed by atoms with Crippen molar-refractivity contribution in [2.45, 2.75) is 46.1 Å². The molecule has 0 spiro atoms. The van der Waals surface area contributed by atoms with E-state index in [1.165, 1.54) is 11.3 Å². The molecule has 9 heteroatoms. The number of thiazole rings is 1. The zero-order valence-corrected chi connectivity index (χ0v) is 21.1. The van der Waals surface area contributed by atoms with E-state index in [1.54, 1.807) is 24.3 Å².